The summed E-state index contributed by atoms with van der Waals surface area (Å²) in [5.41, 5.74) is 9.37. The van der Waals surface area contributed by atoms with Crippen molar-refractivity contribution in [3.05, 3.63) is 194 Å². The number of fused-ring (bicyclic) bond motifs is 10. The Labute approximate surface area is 322 Å². The standard InChI is InChI=1S/C52H32N4/c1-4-14-36-29-39(23-21-33(36)11-1)46-32-47(40-24-22-34-12-2-5-15-37(34)30-40)54-52(53-46)56-49-20-10-8-18-43(49)45-28-27-44-42-17-7-9-19-48(42)55(50(44)51(45)56)41-26-25-35-13-3-6-16-38(35)31-41/h1-32H. The summed E-state index contributed by atoms with van der Waals surface area (Å²) in [6.45, 7) is 0. The van der Waals surface area contributed by atoms with E-state index in [0.29, 0.717) is 5.95 Å². The molecule has 3 heterocycles. The minimum absolute atomic E-state index is 0.632. The first-order chi connectivity index (χ1) is 27.7. The maximum Gasteiger partial charge on any atom is 0.235 e. The van der Waals surface area contributed by atoms with Gasteiger partial charge in [0.15, 0.2) is 0 Å². The predicted molar refractivity (Wildman–Crippen MR) is 234 cm³/mol. The number of aromatic nitrogens is 4. The van der Waals surface area contributed by atoms with Crippen molar-refractivity contribution in [3.63, 3.8) is 0 Å². The van der Waals surface area contributed by atoms with Crippen molar-refractivity contribution >= 4 is 75.9 Å². The molecule has 0 bridgehead atoms. The molecule has 4 heteroatoms. The Morgan fingerprint density at radius 2 is 0.732 bits per heavy atom. The highest BCUT2D eigenvalue weighted by molar-refractivity contribution is 6.23. The average Bonchev–Trinajstić information content (AvgIpc) is 3.79. The Kier molecular flexibility index (Phi) is 6.60. The number of hydrogen-bond acceptors (Lipinski definition) is 2. The largest absolute Gasteiger partial charge is 0.307 e. The smallest absolute Gasteiger partial charge is 0.235 e. The van der Waals surface area contributed by atoms with Crippen molar-refractivity contribution in [1.82, 2.24) is 19.1 Å². The summed E-state index contributed by atoms with van der Waals surface area (Å²) in [4.78, 5) is 11.0. The van der Waals surface area contributed by atoms with Crippen LogP contribution in [0.2, 0.25) is 0 Å². The van der Waals surface area contributed by atoms with Crippen LogP contribution in [0.1, 0.15) is 0 Å². The number of nitrogens with zero attached hydrogens (tertiary/aromatic N) is 4. The Balaban J connectivity index is 1.22. The fourth-order valence-electron chi connectivity index (χ4n) is 8.82. The summed E-state index contributed by atoms with van der Waals surface area (Å²) < 4.78 is 4.74. The second kappa shape index (κ2) is 12.0. The number of rotatable bonds is 4. The van der Waals surface area contributed by atoms with Gasteiger partial charge in [0, 0.05) is 38.4 Å². The number of hydrogen-bond donors (Lipinski definition) is 0. The normalized spacial score (nSPS) is 11.9. The molecular weight excluding hydrogens is 681 g/mol. The Hall–Kier alpha value is -7.56. The van der Waals surface area contributed by atoms with Crippen LogP contribution < -0.4 is 0 Å². The van der Waals surface area contributed by atoms with Gasteiger partial charge >= 0.3 is 0 Å². The predicted octanol–water partition coefficient (Wildman–Crippen LogP) is 13.5. The summed E-state index contributed by atoms with van der Waals surface area (Å²) in [6.07, 6.45) is 0. The van der Waals surface area contributed by atoms with Crippen LogP contribution in [0.15, 0.2) is 194 Å². The van der Waals surface area contributed by atoms with E-state index in [4.69, 9.17) is 9.97 Å². The van der Waals surface area contributed by atoms with Gasteiger partial charge in [-0.05, 0) is 74.8 Å². The van der Waals surface area contributed by atoms with Gasteiger partial charge in [0.05, 0.1) is 33.5 Å². The molecule has 0 amide bonds. The van der Waals surface area contributed by atoms with Crippen LogP contribution in [0.4, 0.5) is 0 Å². The molecule has 12 rings (SSSR count). The molecule has 0 aliphatic rings. The Morgan fingerprint density at radius 1 is 0.304 bits per heavy atom. The van der Waals surface area contributed by atoms with Crippen LogP contribution in [0.25, 0.3) is 110 Å². The molecule has 4 nitrogen and oxygen atoms in total. The highest BCUT2D eigenvalue weighted by Crippen LogP contribution is 2.42. The van der Waals surface area contributed by atoms with Crippen molar-refractivity contribution in [2.75, 3.05) is 0 Å². The van der Waals surface area contributed by atoms with E-state index >= 15 is 0 Å². The van der Waals surface area contributed by atoms with Crippen LogP contribution >= 0.6 is 0 Å². The first-order valence-electron chi connectivity index (χ1n) is 19.1. The fraction of sp³-hybridized carbons (Fsp3) is 0. The molecule has 0 fully saturated rings. The molecule has 260 valence electrons. The van der Waals surface area contributed by atoms with Crippen LogP contribution in [0, 0.1) is 0 Å². The lowest BCUT2D eigenvalue weighted by Gasteiger charge is -2.14. The Bertz CT molecular complexity index is 3450. The Morgan fingerprint density at radius 3 is 1.29 bits per heavy atom. The van der Waals surface area contributed by atoms with Crippen molar-refractivity contribution < 1.29 is 0 Å². The molecule has 56 heavy (non-hydrogen) atoms. The summed E-state index contributed by atoms with van der Waals surface area (Å²) in [5, 5.41) is 11.9. The quantitative estimate of drug-likeness (QED) is 0.182. The van der Waals surface area contributed by atoms with Crippen LogP contribution in [0.3, 0.4) is 0 Å². The zero-order valence-corrected chi connectivity index (χ0v) is 30.3. The summed E-state index contributed by atoms with van der Waals surface area (Å²) >= 11 is 0. The highest BCUT2D eigenvalue weighted by Gasteiger charge is 2.23. The minimum Gasteiger partial charge on any atom is -0.307 e. The van der Waals surface area contributed by atoms with Gasteiger partial charge in [-0.25, -0.2) is 9.97 Å². The van der Waals surface area contributed by atoms with Crippen LogP contribution in [-0.2, 0) is 0 Å². The first kappa shape index (κ1) is 30.9. The number of benzene rings is 9. The van der Waals surface area contributed by atoms with E-state index < -0.39 is 0 Å². The second-order valence-corrected chi connectivity index (χ2v) is 14.7. The molecule has 0 N–H and O–H groups in total. The molecule has 0 unspecified atom stereocenters. The molecule has 3 aromatic heterocycles. The lowest BCUT2D eigenvalue weighted by atomic mass is 10.0. The van der Waals surface area contributed by atoms with E-state index in [2.05, 4.69) is 203 Å². The maximum atomic E-state index is 5.49. The highest BCUT2D eigenvalue weighted by atomic mass is 15.2. The van der Waals surface area contributed by atoms with Crippen molar-refractivity contribution in [3.8, 4) is 34.2 Å². The first-order valence-corrected chi connectivity index (χ1v) is 19.1. The summed E-state index contributed by atoms with van der Waals surface area (Å²) in [5.74, 6) is 0.632. The lowest BCUT2D eigenvalue weighted by Crippen LogP contribution is -2.05. The summed E-state index contributed by atoms with van der Waals surface area (Å²) in [7, 11) is 0. The number of para-hydroxylation sites is 2. The van der Waals surface area contributed by atoms with E-state index in [-0.39, 0.29) is 0 Å². The SMILES string of the molecule is c1ccc2cc(-c3cc(-c4ccc5ccccc5c4)nc(-n4c5ccccc5c5ccc6c7ccccc7n(-c7ccc8ccccc8c7)c6c54)n3)ccc2c1. The van der Waals surface area contributed by atoms with E-state index in [1.807, 2.05) is 0 Å². The van der Waals surface area contributed by atoms with Crippen LogP contribution in [-0.4, -0.2) is 19.1 Å². The van der Waals surface area contributed by atoms with E-state index in [9.17, 15) is 0 Å². The molecule has 0 aliphatic heterocycles. The molecule has 0 aliphatic carbocycles. The van der Waals surface area contributed by atoms with E-state index in [1.165, 1.54) is 43.1 Å². The minimum atomic E-state index is 0.632. The fourth-order valence-corrected chi connectivity index (χ4v) is 8.82. The van der Waals surface area contributed by atoms with Gasteiger partial charge in [-0.15, -0.1) is 0 Å². The van der Waals surface area contributed by atoms with Crippen LogP contribution in [0.5, 0.6) is 0 Å². The zero-order valence-electron chi connectivity index (χ0n) is 30.3. The monoisotopic (exact) mass is 712 g/mol. The summed E-state index contributed by atoms with van der Waals surface area (Å²) in [6, 6.07) is 69.7. The maximum absolute atomic E-state index is 5.49. The van der Waals surface area contributed by atoms with Gasteiger partial charge in [-0.1, -0.05) is 152 Å². The molecule has 12 aromatic rings. The third-order valence-electron chi connectivity index (χ3n) is 11.5. The molecule has 0 saturated heterocycles. The van der Waals surface area contributed by atoms with Gasteiger partial charge in [0.2, 0.25) is 5.95 Å². The van der Waals surface area contributed by atoms with Crippen molar-refractivity contribution in [1.29, 1.82) is 0 Å². The molecule has 0 radical (unpaired) electrons. The van der Waals surface area contributed by atoms with Gasteiger partial charge in [0.25, 0.3) is 0 Å². The molecule has 0 saturated carbocycles. The average molecular weight is 713 g/mol. The topological polar surface area (TPSA) is 35.6 Å². The lowest BCUT2D eigenvalue weighted by molar-refractivity contribution is 0.995. The zero-order chi connectivity index (χ0) is 36.7. The van der Waals surface area contributed by atoms with E-state index in [1.54, 1.807) is 0 Å². The molecule has 0 spiro atoms. The third kappa shape index (κ3) is 4.66. The second-order valence-electron chi connectivity index (χ2n) is 14.7. The van der Waals surface area contributed by atoms with Gasteiger partial charge in [0.1, 0.15) is 0 Å². The van der Waals surface area contributed by atoms with E-state index in [0.717, 1.165) is 61.0 Å². The van der Waals surface area contributed by atoms with Crippen molar-refractivity contribution in [2.45, 2.75) is 0 Å². The van der Waals surface area contributed by atoms with Gasteiger partial charge < -0.3 is 4.57 Å². The molecule has 9 aromatic carbocycles. The van der Waals surface area contributed by atoms with Gasteiger partial charge in [-0.3, -0.25) is 4.57 Å². The molecular formula is C52H32N4. The molecule has 0 atom stereocenters. The van der Waals surface area contributed by atoms with Crippen molar-refractivity contribution in [2.24, 2.45) is 0 Å². The van der Waals surface area contributed by atoms with Gasteiger partial charge in [-0.2, -0.15) is 0 Å². The third-order valence-corrected chi connectivity index (χ3v) is 11.5.